The van der Waals surface area contributed by atoms with Crippen LogP contribution in [0.3, 0.4) is 0 Å². The molecule has 0 aliphatic heterocycles. The van der Waals surface area contributed by atoms with Crippen LogP contribution in [-0.2, 0) is 6.54 Å². The number of hydrogen-bond acceptors (Lipinski definition) is 2. The Bertz CT molecular complexity index is 877. The summed E-state index contributed by atoms with van der Waals surface area (Å²) < 4.78 is 2.21. The Morgan fingerprint density at radius 1 is 1.18 bits per heavy atom. The number of rotatable bonds is 3. The van der Waals surface area contributed by atoms with Crippen molar-refractivity contribution in [2.45, 2.75) is 32.2 Å². The van der Waals surface area contributed by atoms with E-state index in [2.05, 4.69) is 41.8 Å². The van der Waals surface area contributed by atoms with Crippen LogP contribution in [0.4, 0.5) is 0 Å². The molecule has 0 saturated heterocycles. The number of hydrogen-bond donors (Lipinski definition) is 0. The molecule has 2 aromatic carbocycles. The molecule has 0 bridgehead atoms. The van der Waals surface area contributed by atoms with Crippen LogP contribution in [-0.4, -0.2) is 9.55 Å². The van der Waals surface area contributed by atoms with Gasteiger partial charge in [0.05, 0.1) is 22.7 Å². The summed E-state index contributed by atoms with van der Waals surface area (Å²) in [4.78, 5) is 4.76. The largest absolute Gasteiger partial charge is 0.324 e. The Hall–Kier alpha value is -2.60. The molecule has 1 aromatic heterocycles. The Balaban J connectivity index is 1.84. The first-order valence-electron chi connectivity index (χ1n) is 7.81. The summed E-state index contributed by atoms with van der Waals surface area (Å²) in [5.41, 5.74) is 5.21. The van der Waals surface area contributed by atoms with Gasteiger partial charge in [-0.2, -0.15) is 5.26 Å². The van der Waals surface area contributed by atoms with Crippen LogP contribution in [0.15, 0.2) is 42.5 Å². The van der Waals surface area contributed by atoms with E-state index in [0.29, 0.717) is 5.56 Å². The standard InChI is InChI=1S/C19H17N3/c1-2-22-18-10-3-13(12-20)11-17(18)21-19(22)16-8-6-15(7-9-16)14-4-5-14/h3,6-11,14H,2,4-5H2,1H3. The molecule has 0 radical (unpaired) electrons. The number of nitriles is 1. The van der Waals surface area contributed by atoms with E-state index >= 15 is 0 Å². The van der Waals surface area contributed by atoms with Gasteiger partial charge < -0.3 is 4.57 Å². The summed E-state index contributed by atoms with van der Waals surface area (Å²) in [6.07, 6.45) is 2.65. The molecule has 1 fully saturated rings. The maximum atomic E-state index is 9.05. The van der Waals surface area contributed by atoms with E-state index in [1.165, 1.54) is 18.4 Å². The highest BCUT2D eigenvalue weighted by Crippen LogP contribution is 2.40. The van der Waals surface area contributed by atoms with Crippen molar-refractivity contribution in [2.24, 2.45) is 0 Å². The molecule has 3 nitrogen and oxygen atoms in total. The lowest BCUT2D eigenvalue weighted by Crippen LogP contribution is -1.97. The second-order valence-electron chi connectivity index (χ2n) is 5.89. The van der Waals surface area contributed by atoms with E-state index in [-0.39, 0.29) is 0 Å². The van der Waals surface area contributed by atoms with Crippen molar-refractivity contribution >= 4 is 11.0 Å². The third-order valence-electron chi connectivity index (χ3n) is 4.41. The van der Waals surface area contributed by atoms with Gasteiger partial charge in [0.2, 0.25) is 0 Å². The molecule has 0 spiro atoms. The molecule has 0 unspecified atom stereocenters. The lowest BCUT2D eigenvalue weighted by atomic mass is 10.1. The van der Waals surface area contributed by atoms with Crippen LogP contribution in [0.5, 0.6) is 0 Å². The van der Waals surface area contributed by atoms with E-state index in [9.17, 15) is 0 Å². The molecule has 22 heavy (non-hydrogen) atoms. The number of benzene rings is 2. The van der Waals surface area contributed by atoms with E-state index in [0.717, 1.165) is 34.9 Å². The average Bonchev–Trinajstić information content (AvgIpc) is 3.35. The molecule has 108 valence electrons. The summed E-state index contributed by atoms with van der Waals surface area (Å²) in [6.45, 7) is 2.99. The first-order valence-corrected chi connectivity index (χ1v) is 7.81. The van der Waals surface area contributed by atoms with Gasteiger partial charge in [-0.15, -0.1) is 0 Å². The van der Waals surface area contributed by atoms with Gasteiger partial charge in [0, 0.05) is 12.1 Å². The van der Waals surface area contributed by atoms with E-state index in [1.807, 2.05) is 18.2 Å². The monoisotopic (exact) mass is 287 g/mol. The van der Waals surface area contributed by atoms with Gasteiger partial charge >= 0.3 is 0 Å². The zero-order chi connectivity index (χ0) is 15.1. The Morgan fingerprint density at radius 3 is 2.59 bits per heavy atom. The van der Waals surface area contributed by atoms with E-state index in [1.54, 1.807) is 0 Å². The van der Waals surface area contributed by atoms with Crippen LogP contribution in [0.1, 0.15) is 36.8 Å². The van der Waals surface area contributed by atoms with Crippen LogP contribution in [0, 0.1) is 11.3 Å². The van der Waals surface area contributed by atoms with Gasteiger partial charge in [-0.1, -0.05) is 24.3 Å². The summed E-state index contributed by atoms with van der Waals surface area (Å²) in [6, 6.07) is 16.7. The zero-order valence-electron chi connectivity index (χ0n) is 12.6. The fourth-order valence-electron chi connectivity index (χ4n) is 3.06. The van der Waals surface area contributed by atoms with Crippen molar-refractivity contribution in [3.8, 4) is 17.5 Å². The molecule has 1 saturated carbocycles. The summed E-state index contributed by atoms with van der Waals surface area (Å²) in [7, 11) is 0. The third kappa shape index (κ3) is 2.08. The lowest BCUT2D eigenvalue weighted by molar-refractivity contribution is 0.796. The normalized spacial score (nSPS) is 14.2. The van der Waals surface area contributed by atoms with Crippen LogP contribution in [0.2, 0.25) is 0 Å². The van der Waals surface area contributed by atoms with Gasteiger partial charge in [-0.3, -0.25) is 0 Å². The smallest absolute Gasteiger partial charge is 0.141 e. The van der Waals surface area contributed by atoms with Gasteiger partial charge in [0.1, 0.15) is 5.82 Å². The molecule has 3 aromatic rings. The fraction of sp³-hybridized carbons (Fsp3) is 0.263. The van der Waals surface area contributed by atoms with Crippen molar-refractivity contribution in [1.82, 2.24) is 9.55 Å². The highest BCUT2D eigenvalue weighted by Gasteiger charge is 2.23. The molecular formula is C19H17N3. The maximum absolute atomic E-state index is 9.05. The third-order valence-corrected chi connectivity index (χ3v) is 4.41. The van der Waals surface area contributed by atoms with Gasteiger partial charge in [-0.25, -0.2) is 4.98 Å². The number of fused-ring (bicyclic) bond motifs is 1. The minimum absolute atomic E-state index is 0.656. The van der Waals surface area contributed by atoms with Crippen LogP contribution >= 0.6 is 0 Å². The highest BCUT2D eigenvalue weighted by molar-refractivity contribution is 5.82. The summed E-state index contributed by atoms with van der Waals surface area (Å²) in [5.74, 6) is 1.76. The highest BCUT2D eigenvalue weighted by atomic mass is 15.1. The molecule has 1 aliphatic carbocycles. The van der Waals surface area contributed by atoms with Crippen molar-refractivity contribution < 1.29 is 0 Å². The molecule has 0 N–H and O–H groups in total. The minimum Gasteiger partial charge on any atom is -0.324 e. The van der Waals surface area contributed by atoms with Crippen molar-refractivity contribution in [3.05, 3.63) is 53.6 Å². The minimum atomic E-state index is 0.656. The molecule has 3 heteroatoms. The van der Waals surface area contributed by atoms with Crippen molar-refractivity contribution in [2.75, 3.05) is 0 Å². The average molecular weight is 287 g/mol. The molecule has 1 heterocycles. The molecule has 1 aliphatic rings. The fourth-order valence-corrected chi connectivity index (χ4v) is 3.06. The molecule has 0 atom stereocenters. The zero-order valence-corrected chi connectivity index (χ0v) is 12.6. The number of nitrogens with zero attached hydrogens (tertiary/aromatic N) is 3. The first-order chi connectivity index (χ1) is 10.8. The molecule has 4 rings (SSSR count). The predicted octanol–water partition coefficient (Wildman–Crippen LogP) is 4.47. The van der Waals surface area contributed by atoms with Gasteiger partial charge in [-0.05, 0) is 49.4 Å². The second-order valence-corrected chi connectivity index (χ2v) is 5.89. The topological polar surface area (TPSA) is 41.6 Å². The number of aromatic nitrogens is 2. The lowest BCUT2D eigenvalue weighted by Gasteiger charge is -2.07. The predicted molar refractivity (Wildman–Crippen MR) is 87.5 cm³/mol. The van der Waals surface area contributed by atoms with Gasteiger partial charge in [0.25, 0.3) is 0 Å². The number of imidazole rings is 1. The summed E-state index contributed by atoms with van der Waals surface area (Å²) >= 11 is 0. The number of aryl methyl sites for hydroxylation is 1. The van der Waals surface area contributed by atoms with E-state index < -0.39 is 0 Å². The Morgan fingerprint density at radius 2 is 1.95 bits per heavy atom. The van der Waals surface area contributed by atoms with Crippen LogP contribution in [0.25, 0.3) is 22.4 Å². The quantitative estimate of drug-likeness (QED) is 0.713. The van der Waals surface area contributed by atoms with Crippen LogP contribution < -0.4 is 0 Å². The Labute approximate surface area is 129 Å². The maximum Gasteiger partial charge on any atom is 0.141 e. The van der Waals surface area contributed by atoms with Crippen molar-refractivity contribution in [1.29, 1.82) is 5.26 Å². The van der Waals surface area contributed by atoms with Gasteiger partial charge in [0.15, 0.2) is 0 Å². The SMILES string of the molecule is CCn1c(-c2ccc(C3CC3)cc2)nc2cc(C#N)ccc21. The molecule has 0 amide bonds. The second kappa shape index (κ2) is 4.99. The molecular weight excluding hydrogens is 270 g/mol. The summed E-state index contributed by atoms with van der Waals surface area (Å²) in [5, 5.41) is 9.05. The van der Waals surface area contributed by atoms with E-state index in [4.69, 9.17) is 10.2 Å². The Kier molecular flexibility index (Phi) is 2.97. The first kappa shape index (κ1) is 13.1. The van der Waals surface area contributed by atoms with Crippen molar-refractivity contribution in [3.63, 3.8) is 0 Å².